The lowest BCUT2D eigenvalue weighted by Crippen LogP contribution is -2.12. The Morgan fingerprint density at radius 2 is 2.27 bits per heavy atom. The van der Waals surface area contributed by atoms with Gasteiger partial charge in [-0.05, 0) is 25.3 Å². The van der Waals surface area contributed by atoms with E-state index in [1.165, 1.54) is 11.8 Å². The molecule has 0 aliphatic rings. The van der Waals surface area contributed by atoms with Gasteiger partial charge in [0.1, 0.15) is 6.07 Å². The predicted octanol–water partition coefficient (Wildman–Crippen LogP) is 3.25. The van der Waals surface area contributed by atoms with Gasteiger partial charge in [0.2, 0.25) is 0 Å². The van der Waals surface area contributed by atoms with Crippen LogP contribution in [-0.2, 0) is 0 Å². The molecule has 0 N–H and O–H groups in total. The highest BCUT2D eigenvalue weighted by molar-refractivity contribution is 9.10. The fourth-order valence-electron chi connectivity index (χ4n) is 1.24. The number of benzene rings is 1. The molecule has 0 saturated carbocycles. The van der Waals surface area contributed by atoms with Gasteiger partial charge in [0.25, 0.3) is 0 Å². The quantitative estimate of drug-likeness (QED) is 0.486. The predicted molar refractivity (Wildman–Crippen MR) is 65.7 cm³/mol. The summed E-state index contributed by atoms with van der Waals surface area (Å²) < 4.78 is 0. The number of hydrogen-bond donors (Lipinski definition) is 0. The zero-order valence-corrected chi connectivity index (χ0v) is 10.9. The standard InChI is InChI=1S/C11H10BrNOS/c1-7(12)11(14)8-4-3-5-10(15-2)9(8)6-13/h3-5,7H,1-2H3. The first kappa shape index (κ1) is 12.3. The minimum Gasteiger partial charge on any atom is -0.293 e. The van der Waals surface area contributed by atoms with Crippen LogP contribution in [-0.4, -0.2) is 16.9 Å². The molecule has 0 radical (unpaired) electrons. The molecule has 0 spiro atoms. The van der Waals surface area contributed by atoms with Crippen molar-refractivity contribution in [2.45, 2.75) is 16.6 Å². The fraction of sp³-hybridized carbons (Fsp3) is 0.273. The Labute approximate surface area is 102 Å². The second-order valence-electron chi connectivity index (χ2n) is 2.97. The lowest BCUT2D eigenvalue weighted by Gasteiger charge is -2.07. The van der Waals surface area contributed by atoms with Crippen LogP contribution in [0.2, 0.25) is 0 Å². The monoisotopic (exact) mass is 283 g/mol. The SMILES string of the molecule is CSc1cccc(C(=O)C(C)Br)c1C#N. The number of nitriles is 1. The normalized spacial score (nSPS) is 11.9. The average Bonchev–Trinajstić information content (AvgIpc) is 2.26. The van der Waals surface area contributed by atoms with Crippen LogP contribution in [0.3, 0.4) is 0 Å². The average molecular weight is 284 g/mol. The lowest BCUT2D eigenvalue weighted by atomic mass is 10.0. The highest BCUT2D eigenvalue weighted by Crippen LogP contribution is 2.24. The van der Waals surface area contributed by atoms with E-state index in [1.54, 1.807) is 19.1 Å². The maximum atomic E-state index is 11.8. The van der Waals surface area contributed by atoms with E-state index < -0.39 is 0 Å². The second kappa shape index (κ2) is 5.34. The van der Waals surface area contributed by atoms with Gasteiger partial charge in [-0.25, -0.2) is 0 Å². The van der Waals surface area contributed by atoms with Crippen molar-refractivity contribution in [3.05, 3.63) is 29.3 Å². The van der Waals surface area contributed by atoms with Crippen molar-refractivity contribution < 1.29 is 4.79 Å². The van der Waals surface area contributed by atoms with E-state index in [0.29, 0.717) is 11.1 Å². The van der Waals surface area contributed by atoms with Gasteiger partial charge < -0.3 is 0 Å². The van der Waals surface area contributed by atoms with Crippen LogP contribution in [0.25, 0.3) is 0 Å². The summed E-state index contributed by atoms with van der Waals surface area (Å²) in [6, 6.07) is 7.43. The van der Waals surface area contributed by atoms with Crippen LogP contribution in [0, 0.1) is 11.3 Å². The Balaban J connectivity index is 3.31. The van der Waals surface area contributed by atoms with Crippen LogP contribution in [0.1, 0.15) is 22.8 Å². The molecule has 78 valence electrons. The van der Waals surface area contributed by atoms with Crippen molar-refractivity contribution >= 4 is 33.5 Å². The summed E-state index contributed by atoms with van der Waals surface area (Å²) in [5, 5.41) is 9.03. The molecule has 0 bridgehead atoms. The molecule has 4 heteroatoms. The minimum absolute atomic E-state index is 0.0533. The zero-order chi connectivity index (χ0) is 11.4. The van der Waals surface area contributed by atoms with Crippen molar-refractivity contribution in [3.8, 4) is 6.07 Å². The van der Waals surface area contributed by atoms with Gasteiger partial charge in [-0.2, -0.15) is 5.26 Å². The summed E-state index contributed by atoms with van der Waals surface area (Å²) in [7, 11) is 0. The number of alkyl halides is 1. The first-order valence-electron chi connectivity index (χ1n) is 4.37. The molecule has 1 aromatic rings. The molecule has 0 saturated heterocycles. The number of hydrogen-bond acceptors (Lipinski definition) is 3. The molecule has 0 aliphatic carbocycles. The van der Waals surface area contributed by atoms with Gasteiger partial charge in [-0.3, -0.25) is 4.79 Å². The Morgan fingerprint density at radius 1 is 1.60 bits per heavy atom. The molecule has 15 heavy (non-hydrogen) atoms. The van der Waals surface area contributed by atoms with Crippen molar-refractivity contribution in [1.82, 2.24) is 0 Å². The first-order valence-corrected chi connectivity index (χ1v) is 6.51. The maximum Gasteiger partial charge on any atom is 0.177 e. The number of halogens is 1. The number of rotatable bonds is 3. The number of nitrogens with zero attached hydrogens (tertiary/aromatic N) is 1. The number of ketones is 1. The maximum absolute atomic E-state index is 11.8. The summed E-state index contributed by atoms with van der Waals surface area (Å²) in [6.07, 6.45) is 1.89. The van der Waals surface area contributed by atoms with E-state index in [4.69, 9.17) is 5.26 Å². The smallest absolute Gasteiger partial charge is 0.177 e. The van der Waals surface area contributed by atoms with Crippen LogP contribution in [0.15, 0.2) is 23.1 Å². The molecular formula is C11H10BrNOS. The third-order valence-electron chi connectivity index (χ3n) is 1.98. The van der Waals surface area contributed by atoms with Crippen LogP contribution in [0.5, 0.6) is 0 Å². The Morgan fingerprint density at radius 3 is 2.73 bits per heavy atom. The molecule has 1 rings (SSSR count). The van der Waals surface area contributed by atoms with Crippen molar-refractivity contribution in [2.75, 3.05) is 6.26 Å². The van der Waals surface area contributed by atoms with Crippen molar-refractivity contribution in [3.63, 3.8) is 0 Å². The van der Waals surface area contributed by atoms with E-state index in [-0.39, 0.29) is 10.6 Å². The van der Waals surface area contributed by atoms with E-state index in [2.05, 4.69) is 22.0 Å². The lowest BCUT2D eigenvalue weighted by molar-refractivity contribution is 0.0995. The molecule has 1 atom stereocenters. The van der Waals surface area contributed by atoms with Crippen LogP contribution >= 0.6 is 27.7 Å². The topological polar surface area (TPSA) is 40.9 Å². The third-order valence-corrected chi connectivity index (χ3v) is 3.18. The Bertz CT molecular complexity index is 423. The summed E-state index contributed by atoms with van der Waals surface area (Å²) in [5.74, 6) is -0.0533. The van der Waals surface area contributed by atoms with Gasteiger partial charge in [0.05, 0.1) is 10.4 Å². The summed E-state index contributed by atoms with van der Waals surface area (Å²) in [4.78, 5) is 12.4. The fourth-order valence-corrected chi connectivity index (χ4v) is 2.06. The number of carbonyl (C=O) groups is 1. The Kier molecular flexibility index (Phi) is 4.37. The van der Waals surface area contributed by atoms with Gasteiger partial charge in [0, 0.05) is 10.5 Å². The highest BCUT2D eigenvalue weighted by atomic mass is 79.9. The molecular weight excluding hydrogens is 274 g/mol. The van der Waals surface area contributed by atoms with Crippen molar-refractivity contribution in [1.29, 1.82) is 5.26 Å². The second-order valence-corrected chi connectivity index (χ2v) is 5.20. The summed E-state index contributed by atoms with van der Waals surface area (Å²) in [6.45, 7) is 1.76. The zero-order valence-electron chi connectivity index (χ0n) is 8.45. The molecule has 1 unspecified atom stereocenters. The van der Waals surface area contributed by atoms with Gasteiger partial charge >= 0.3 is 0 Å². The van der Waals surface area contributed by atoms with E-state index in [9.17, 15) is 4.79 Å². The molecule has 0 heterocycles. The molecule has 0 aromatic heterocycles. The minimum atomic E-state index is -0.262. The first-order chi connectivity index (χ1) is 7.11. The number of Topliss-reactive ketones (excluding diaryl/α,β-unsaturated/α-hetero) is 1. The largest absolute Gasteiger partial charge is 0.293 e. The molecule has 2 nitrogen and oxygen atoms in total. The molecule has 0 fully saturated rings. The highest BCUT2D eigenvalue weighted by Gasteiger charge is 2.17. The van der Waals surface area contributed by atoms with Gasteiger partial charge in [0.15, 0.2) is 5.78 Å². The third kappa shape index (κ3) is 2.61. The van der Waals surface area contributed by atoms with E-state index in [1.807, 2.05) is 12.3 Å². The van der Waals surface area contributed by atoms with E-state index in [0.717, 1.165) is 4.90 Å². The van der Waals surface area contributed by atoms with Gasteiger partial charge in [-0.1, -0.05) is 22.0 Å². The van der Waals surface area contributed by atoms with Crippen LogP contribution < -0.4 is 0 Å². The van der Waals surface area contributed by atoms with Crippen LogP contribution in [0.4, 0.5) is 0 Å². The molecule has 1 aromatic carbocycles. The number of carbonyl (C=O) groups excluding carboxylic acids is 1. The van der Waals surface area contributed by atoms with E-state index >= 15 is 0 Å². The molecule has 0 aliphatic heterocycles. The van der Waals surface area contributed by atoms with Gasteiger partial charge in [-0.15, -0.1) is 11.8 Å². The van der Waals surface area contributed by atoms with Crippen molar-refractivity contribution in [2.24, 2.45) is 0 Å². The Hall–Kier alpha value is -0.790. The number of thioether (sulfide) groups is 1. The summed E-state index contributed by atoms with van der Waals surface area (Å²) in [5.41, 5.74) is 0.968. The molecule has 0 amide bonds. The summed E-state index contributed by atoms with van der Waals surface area (Å²) >= 11 is 4.69.